The Morgan fingerprint density at radius 2 is 2.12 bits per heavy atom. The average molecular weight is 330 g/mol. The van der Waals surface area contributed by atoms with E-state index in [1.54, 1.807) is 12.1 Å². The molecule has 0 saturated carbocycles. The van der Waals surface area contributed by atoms with E-state index in [2.05, 4.69) is 14.9 Å². The Labute approximate surface area is 141 Å². The molecule has 1 aromatic carbocycles. The third kappa shape index (κ3) is 3.42. The zero-order chi connectivity index (χ0) is 17.1. The van der Waals surface area contributed by atoms with Gasteiger partial charge in [0.1, 0.15) is 11.6 Å². The van der Waals surface area contributed by atoms with Crippen molar-refractivity contribution in [2.45, 2.75) is 32.7 Å². The topological polar surface area (TPSA) is 50.2 Å². The molecule has 1 aliphatic heterocycles. The van der Waals surface area contributed by atoms with Crippen molar-refractivity contribution < 1.29 is 9.18 Å². The number of rotatable bonds is 4. The molecule has 2 aromatic rings. The maximum Gasteiger partial charge on any atom is 0.317 e. The Bertz CT molecular complexity index is 710. The van der Waals surface area contributed by atoms with Crippen molar-refractivity contribution in [1.82, 2.24) is 19.8 Å². The number of hydrogen-bond acceptors (Lipinski definition) is 2. The van der Waals surface area contributed by atoms with Crippen molar-refractivity contribution in [3.8, 4) is 0 Å². The van der Waals surface area contributed by atoms with Crippen LogP contribution >= 0.6 is 0 Å². The van der Waals surface area contributed by atoms with Gasteiger partial charge in [0.15, 0.2) is 0 Å². The first-order valence-corrected chi connectivity index (χ1v) is 8.37. The van der Waals surface area contributed by atoms with Gasteiger partial charge in [-0.15, -0.1) is 0 Å². The van der Waals surface area contributed by atoms with Gasteiger partial charge >= 0.3 is 6.03 Å². The number of nitrogens with zero attached hydrogens (tertiary/aromatic N) is 3. The summed E-state index contributed by atoms with van der Waals surface area (Å²) in [5.41, 5.74) is 2.11. The van der Waals surface area contributed by atoms with Crippen LogP contribution in [0.1, 0.15) is 36.3 Å². The highest BCUT2D eigenvalue weighted by atomic mass is 19.1. The van der Waals surface area contributed by atoms with E-state index in [-0.39, 0.29) is 17.8 Å². The molecular formula is C18H23FN4O. The number of likely N-dealkylation sites (tertiary alicyclic amines) is 1. The molecule has 128 valence electrons. The van der Waals surface area contributed by atoms with Gasteiger partial charge < -0.3 is 14.8 Å². The van der Waals surface area contributed by atoms with Gasteiger partial charge in [-0.25, -0.2) is 14.2 Å². The van der Waals surface area contributed by atoms with Gasteiger partial charge in [-0.3, -0.25) is 0 Å². The number of aromatic nitrogens is 2. The van der Waals surface area contributed by atoms with Gasteiger partial charge in [-0.2, -0.15) is 0 Å². The lowest BCUT2D eigenvalue weighted by Gasteiger charge is -2.18. The lowest BCUT2D eigenvalue weighted by molar-refractivity contribution is 0.208. The zero-order valence-electron chi connectivity index (χ0n) is 14.1. The summed E-state index contributed by atoms with van der Waals surface area (Å²) in [7, 11) is 0. The van der Waals surface area contributed by atoms with E-state index >= 15 is 0 Å². The number of carbonyl (C=O) groups is 1. The summed E-state index contributed by atoms with van der Waals surface area (Å²) in [5.74, 6) is 1.01. The second kappa shape index (κ2) is 7.03. The number of urea groups is 1. The summed E-state index contributed by atoms with van der Waals surface area (Å²) >= 11 is 0. The number of nitrogens with one attached hydrogen (secondary N) is 1. The molecule has 0 spiro atoms. The highest BCUT2D eigenvalue weighted by Crippen LogP contribution is 2.27. The van der Waals surface area contributed by atoms with E-state index in [0.717, 1.165) is 30.0 Å². The molecule has 0 radical (unpaired) electrons. The summed E-state index contributed by atoms with van der Waals surface area (Å²) in [4.78, 5) is 18.4. The molecule has 1 unspecified atom stereocenters. The molecule has 1 aromatic heterocycles. The Morgan fingerprint density at radius 1 is 1.38 bits per heavy atom. The lowest BCUT2D eigenvalue weighted by atomic mass is 10.1. The van der Waals surface area contributed by atoms with Crippen molar-refractivity contribution in [2.24, 2.45) is 0 Å². The monoisotopic (exact) mass is 330 g/mol. The van der Waals surface area contributed by atoms with Crippen LogP contribution in [0.25, 0.3) is 0 Å². The molecule has 1 fully saturated rings. The minimum Gasteiger partial charge on any atom is -0.338 e. The number of hydrogen-bond donors (Lipinski definition) is 1. The summed E-state index contributed by atoms with van der Waals surface area (Å²) in [6.45, 7) is 6.68. The van der Waals surface area contributed by atoms with Gasteiger partial charge in [-0.1, -0.05) is 12.1 Å². The number of halogens is 1. The van der Waals surface area contributed by atoms with Gasteiger partial charge in [0.25, 0.3) is 0 Å². The predicted octanol–water partition coefficient (Wildman–Crippen LogP) is 2.90. The summed E-state index contributed by atoms with van der Waals surface area (Å²) in [6, 6.07) is 6.55. The summed E-state index contributed by atoms with van der Waals surface area (Å²) in [6.07, 6.45) is 2.78. The molecule has 6 heteroatoms. The minimum absolute atomic E-state index is 0.00615. The Balaban J connectivity index is 1.75. The molecule has 1 saturated heterocycles. The number of imidazole rings is 1. The van der Waals surface area contributed by atoms with Crippen LogP contribution in [0.5, 0.6) is 0 Å². The predicted molar refractivity (Wildman–Crippen MR) is 90.5 cm³/mol. The first kappa shape index (κ1) is 16.5. The maximum atomic E-state index is 13.1. The van der Waals surface area contributed by atoms with Crippen LogP contribution in [0.4, 0.5) is 9.18 Å². The number of amides is 2. The molecule has 24 heavy (non-hydrogen) atoms. The maximum absolute atomic E-state index is 13.1. The molecule has 1 aliphatic rings. The summed E-state index contributed by atoms with van der Waals surface area (Å²) in [5, 5.41) is 2.85. The highest BCUT2D eigenvalue weighted by molar-refractivity contribution is 5.74. The molecule has 0 aliphatic carbocycles. The Kier molecular flexibility index (Phi) is 4.83. The lowest BCUT2D eigenvalue weighted by Crippen LogP contribution is -2.38. The van der Waals surface area contributed by atoms with Crippen LogP contribution in [0.15, 0.2) is 30.5 Å². The van der Waals surface area contributed by atoms with Gasteiger partial charge in [0, 0.05) is 44.0 Å². The smallest absolute Gasteiger partial charge is 0.317 e. The van der Waals surface area contributed by atoms with Crippen molar-refractivity contribution >= 4 is 6.03 Å². The van der Waals surface area contributed by atoms with Crippen molar-refractivity contribution in [3.63, 3.8) is 0 Å². The summed E-state index contributed by atoms with van der Waals surface area (Å²) < 4.78 is 15.3. The van der Waals surface area contributed by atoms with Gasteiger partial charge in [0.2, 0.25) is 0 Å². The first-order chi connectivity index (χ1) is 11.6. The van der Waals surface area contributed by atoms with E-state index in [1.807, 2.05) is 24.9 Å². The quantitative estimate of drug-likeness (QED) is 0.937. The van der Waals surface area contributed by atoms with Gasteiger partial charge in [0.05, 0.1) is 0 Å². The number of benzene rings is 1. The van der Waals surface area contributed by atoms with E-state index < -0.39 is 0 Å². The van der Waals surface area contributed by atoms with E-state index in [1.165, 1.54) is 12.1 Å². The van der Waals surface area contributed by atoms with E-state index in [4.69, 9.17) is 0 Å². The van der Waals surface area contributed by atoms with Crippen molar-refractivity contribution in [3.05, 3.63) is 53.4 Å². The largest absolute Gasteiger partial charge is 0.338 e. The molecule has 2 heterocycles. The van der Waals surface area contributed by atoms with Crippen LogP contribution in [-0.2, 0) is 6.54 Å². The fourth-order valence-corrected chi connectivity index (χ4v) is 3.20. The number of carbonyl (C=O) groups excluding carboxylic acids is 1. The third-order valence-electron chi connectivity index (χ3n) is 4.51. The normalized spacial score (nSPS) is 17.3. The fourth-order valence-electron chi connectivity index (χ4n) is 3.20. The molecule has 3 rings (SSSR count). The molecule has 1 N–H and O–H groups in total. The highest BCUT2D eigenvalue weighted by Gasteiger charge is 2.30. The SMILES string of the molecule is CCNC(=O)N1CCC(c2ncc(C)n2Cc2ccc(F)cc2)C1. The van der Waals surface area contributed by atoms with Crippen molar-refractivity contribution in [1.29, 1.82) is 0 Å². The number of aryl methyl sites for hydroxylation is 1. The third-order valence-corrected chi connectivity index (χ3v) is 4.51. The zero-order valence-corrected chi connectivity index (χ0v) is 14.1. The molecular weight excluding hydrogens is 307 g/mol. The van der Waals surface area contributed by atoms with Crippen LogP contribution < -0.4 is 5.32 Å². The fraction of sp³-hybridized carbons (Fsp3) is 0.444. The van der Waals surface area contributed by atoms with E-state index in [9.17, 15) is 9.18 Å². The van der Waals surface area contributed by atoms with E-state index in [0.29, 0.717) is 19.6 Å². The second-order valence-corrected chi connectivity index (χ2v) is 6.24. The van der Waals surface area contributed by atoms with Crippen LogP contribution in [0, 0.1) is 12.7 Å². The van der Waals surface area contributed by atoms with Gasteiger partial charge in [-0.05, 0) is 38.0 Å². The van der Waals surface area contributed by atoms with Crippen LogP contribution in [0.2, 0.25) is 0 Å². The Morgan fingerprint density at radius 3 is 2.83 bits per heavy atom. The van der Waals surface area contributed by atoms with Crippen molar-refractivity contribution in [2.75, 3.05) is 19.6 Å². The minimum atomic E-state index is -0.227. The molecule has 1 atom stereocenters. The molecule has 5 nitrogen and oxygen atoms in total. The first-order valence-electron chi connectivity index (χ1n) is 8.37. The van der Waals surface area contributed by atoms with Crippen LogP contribution in [-0.4, -0.2) is 40.1 Å². The average Bonchev–Trinajstić information content (AvgIpc) is 3.18. The molecule has 0 bridgehead atoms. The Hall–Kier alpha value is -2.37. The second-order valence-electron chi connectivity index (χ2n) is 6.24. The standard InChI is InChI=1S/C18H23FN4O/c1-3-20-18(24)22-9-8-15(12-22)17-21-10-13(2)23(17)11-14-4-6-16(19)7-5-14/h4-7,10,15H,3,8-9,11-12H2,1-2H3,(H,20,24). The van der Waals surface area contributed by atoms with Crippen LogP contribution in [0.3, 0.4) is 0 Å². The molecule has 2 amide bonds.